The third kappa shape index (κ3) is 3.02. The van der Waals surface area contributed by atoms with E-state index in [1.54, 1.807) is 0 Å². The smallest absolute Gasteiger partial charge is 0.394 e. The third-order valence-corrected chi connectivity index (χ3v) is 2.00. The van der Waals surface area contributed by atoms with Crippen molar-refractivity contribution in [2.45, 2.75) is 32.0 Å². The zero-order valence-electron chi connectivity index (χ0n) is 7.45. The SMILES string of the molecule is CC1CCC(CNC(=O)C(=O)O)O1. The van der Waals surface area contributed by atoms with Gasteiger partial charge >= 0.3 is 11.9 Å². The molecule has 2 N–H and O–H groups in total. The number of carboxylic acids is 1. The number of carbonyl (C=O) groups is 2. The summed E-state index contributed by atoms with van der Waals surface area (Å²) >= 11 is 0. The lowest BCUT2D eigenvalue weighted by molar-refractivity contribution is -0.150. The number of hydrogen-bond acceptors (Lipinski definition) is 3. The van der Waals surface area contributed by atoms with Gasteiger partial charge in [-0.25, -0.2) is 4.79 Å². The van der Waals surface area contributed by atoms with Crippen LogP contribution in [0.5, 0.6) is 0 Å². The first-order chi connectivity index (χ1) is 6.09. The lowest BCUT2D eigenvalue weighted by Gasteiger charge is -2.10. The Bertz CT molecular complexity index is 216. The summed E-state index contributed by atoms with van der Waals surface area (Å²) in [5, 5.41) is 10.5. The second-order valence-corrected chi connectivity index (χ2v) is 3.16. The molecule has 0 aliphatic carbocycles. The van der Waals surface area contributed by atoms with E-state index in [9.17, 15) is 9.59 Å². The normalized spacial score (nSPS) is 27.2. The summed E-state index contributed by atoms with van der Waals surface area (Å²) in [6, 6.07) is 0. The molecule has 74 valence electrons. The molecule has 0 radical (unpaired) electrons. The molecule has 1 amide bonds. The Kier molecular flexibility index (Phi) is 3.25. The number of carbonyl (C=O) groups excluding carboxylic acids is 1. The van der Waals surface area contributed by atoms with E-state index in [4.69, 9.17) is 9.84 Å². The van der Waals surface area contributed by atoms with Gasteiger partial charge in [0.1, 0.15) is 0 Å². The van der Waals surface area contributed by atoms with Gasteiger partial charge < -0.3 is 15.2 Å². The Balaban J connectivity index is 2.20. The number of ether oxygens (including phenoxy) is 1. The van der Waals surface area contributed by atoms with E-state index in [0.717, 1.165) is 12.8 Å². The minimum Gasteiger partial charge on any atom is -0.474 e. The van der Waals surface area contributed by atoms with Crippen molar-refractivity contribution in [2.24, 2.45) is 0 Å². The lowest BCUT2D eigenvalue weighted by atomic mass is 10.2. The maximum absolute atomic E-state index is 10.6. The minimum atomic E-state index is -1.45. The predicted molar refractivity (Wildman–Crippen MR) is 44.2 cm³/mol. The third-order valence-electron chi connectivity index (χ3n) is 2.00. The average molecular weight is 187 g/mol. The van der Waals surface area contributed by atoms with Gasteiger partial charge in [0.15, 0.2) is 0 Å². The highest BCUT2D eigenvalue weighted by atomic mass is 16.5. The number of hydrogen-bond donors (Lipinski definition) is 2. The molecule has 13 heavy (non-hydrogen) atoms. The number of rotatable bonds is 2. The molecular weight excluding hydrogens is 174 g/mol. The number of aliphatic carboxylic acids is 1. The first-order valence-corrected chi connectivity index (χ1v) is 4.26. The molecule has 5 heteroatoms. The minimum absolute atomic E-state index is 0.0294. The maximum atomic E-state index is 10.6. The van der Waals surface area contributed by atoms with Crippen molar-refractivity contribution in [1.82, 2.24) is 5.32 Å². The van der Waals surface area contributed by atoms with Crippen molar-refractivity contribution in [2.75, 3.05) is 6.54 Å². The number of carboxylic acid groups (broad SMARTS) is 1. The van der Waals surface area contributed by atoms with Gasteiger partial charge in [0.05, 0.1) is 12.2 Å². The molecule has 2 unspecified atom stereocenters. The first-order valence-electron chi connectivity index (χ1n) is 4.26. The molecule has 1 saturated heterocycles. The van der Waals surface area contributed by atoms with Crippen LogP contribution in [0, 0.1) is 0 Å². The monoisotopic (exact) mass is 187 g/mol. The van der Waals surface area contributed by atoms with Gasteiger partial charge in [-0.3, -0.25) is 4.79 Å². The van der Waals surface area contributed by atoms with Gasteiger partial charge in [0, 0.05) is 6.54 Å². The highest BCUT2D eigenvalue weighted by Crippen LogP contribution is 2.17. The Labute approximate surface area is 76.1 Å². The molecule has 1 fully saturated rings. The van der Waals surface area contributed by atoms with Crippen LogP contribution in [0.4, 0.5) is 0 Å². The van der Waals surface area contributed by atoms with Crippen molar-refractivity contribution in [3.05, 3.63) is 0 Å². The fourth-order valence-corrected chi connectivity index (χ4v) is 1.32. The molecule has 0 saturated carbocycles. The zero-order valence-corrected chi connectivity index (χ0v) is 7.45. The van der Waals surface area contributed by atoms with Crippen LogP contribution in [0.3, 0.4) is 0 Å². The van der Waals surface area contributed by atoms with Gasteiger partial charge in [0.25, 0.3) is 0 Å². The molecule has 1 aliphatic heterocycles. The molecule has 2 atom stereocenters. The van der Waals surface area contributed by atoms with Crippen LogP contribution in [-0.4, -0.2) is 35.7 Å². The van der Waals surface area contributed by atoms with Crippen LogP contribution in [0.2, 0.25) is 0 Å². The molecule has 1 heterocycles. The highest BCUT2D eigenvalue weighted by molar-refractivity contribution is 6.31. The van der Waals surface area contributed by atoms with E-state index in [1.165, 1.54) is 0 Å². The summed E-state index contributed by atoms with van der Waals surface area (Å²) in [7, 11) is 0. The van der Waals surface area contributed by atoms with Crippen molar-refractivity contribution >= 4 is 11.9 Å². The van der Waals surface area contributed by atoms with E-state index in [2.05, 4.69) is 5.32 Å². The Morgan fingerprint density at radius 3 is 2.69 bits per heavy atom. The summed E-state index contributed by atoms with van der Waals surface area (Å²) < 4.78 is 5.38. The van der Waals surface area contributed by atoms with Crippen LogP contribution >= 0.6 is 0 Å². The molecule has 1 rings (SSSR count). The van der Waals surface area contributed by atoms with Gasteiger partial charge in [0.2, 0.25) is 0 Å². The highest BCUT2D eigenvalue weighted by Gasteiger charge is 2.22. The fraction of sp³-hybridized carbons (Fsp3) is 0.750. The van der Waals surface area contributed by atoms with Gasteiger partial charge in [-0.05, 0) is 19.8 Å². The van der Waals surface area contributed by atoms with Crippen LogP contribution in [0.1, 0.15) is 19.8 Å². The van der Waals surface area contributed by atoms with E-state index >= 15 is 0 Å². The summed E-state index contributed by atoms with van der Waals surface area (Å²) in [5.41, 5.74) is 0. The van der Waals surface area contributed by atoms with Crippen LogP contribution in [0.15, 0.2) is 0 Å². The molecule has 5 nitrogen and oxygen atoms in total. The molecule has 0 aromatic carbocycles. The van der Waals surface area contributed by atoms with Crippen molar-refractivity contribution in [1.29, 1.82) is 0 Å². The predicted octanol–water partition coefficient (Wildman–Crippen LogP) is -0.245. The van der Waals surface area contributed by atoms with E-state index in [-0.39, 0.29) is 18.8 Å². The number of nitrogens with one attached hydrogen (secondary N) is 1. The summed E-state index contributed by atoms with van der Waals surface area (Å²) in [6.45, 7) is 2.24. The van der Waals surface area contributed by atoms with E-state index in [1.807, 2.05) is 6.92 Å². The summed E-state index contributed by atoms with van der Waals surface area (Å²) in [5.74, 6) is -2.42. The van der Waals surface area contributed by atoms with Gasteiger partial charge in [-0.1, -0.05) is 0 Å². The quantitative estimate of drug-likeness (QED) is 0.585. The van der Waals surface area contributed by atoms with Crippen molar-refractivity contribution < 1.29 is 19.4 Å². The number of amides is 1. The molecule has 0 aromatic heterocycles. The van der Waals surface area contributed by atoms with Crippen molar-refractivity contribution in [3.8, 4) is 0 Å². The Morgan fingerprint density at radius 1 is 1.54 bits per heavy atom. The zero-order chi connectivity index (χ0) is 9.84. The van der Waals surface area contributed by atoms with Gasteiger partial charge in [-0.2, -0.15) is 0 Å². The summed E-state index contributed by atoms with van der Waals surface area (Å²) in [4.78, 5) is 20.7. The van der Waals surface area contributed by atoms with Crippen molar-refractivity contribution in [3.63, 3.8) is 0 Å². The molecule has 0 aromatic rings. The molecular formula is C8H13NO4. The van der Waals surface area contributed by atoms with E-state index in [0.29, 0.717) is 0 Å². The fourth-order valence-electron chi connectivity index (χ4n) is 1.32. The Hall–Kier alpha value is -1.10. The molecule has 0 spiro atoms. The second-order valence-electron chi connectivity index (χ2n) is 3.16. The molecule has 1 aliphatic rings. The first kappa shape index (κ1) is 9.98. The van der Waals surface area contributed by atoms with Crippen LogP contribution in [0.25, 0.3) is 0 Å². The van der Waals surface area contributed by atoms with Crippen LogP contribution < -0.4 is 5.32 Å². The second kappa shape index (κ2) is 4.23. The maximum Gasteiger partial charge on any atom is 0.394 e. The van der Waals surface area contributed by atoms with Crippen LogP contribution in [-0.2, 0) is 14.3 Å². The lowest BCUT2D eigenvalue weighted by Crippen LogP contribution is -2.36. The molecule has 0 bridgehead atoms. The average Bonchev–Trinajstić information content (AvgIpc) is 2.47. The Morgan fingerprint density at radius 2 is 2.23 bits per heavy atom. The van der Waals surface area contributed by atoms with Gasteiger partial charge in [-0.15, -0.1) is 0 Å². The summed E-state index contributed by atoms with van der Waals surface area (Å²) in [6.07, 6.45) is 2.03. The van der Waals surface area contributed by atoms with E-state index < -0.39 is 11.9 Å². The standard InChI is InChI=1S/C8H13NO4/c1-5-2-3-6(13-5)4-9-7(10)8(11)12/h5-6H,2-4H2,1H3,(H,9,10)(H,11,12). The largest absolute Gasteiger partial charge is 0.474 e. The topological polar surface area (TPSA) is 75.6 Å².